The van der Waals surface area contributed by atoms with Gasteiger partial charge in [-0.2, -0.15) is 16.9 Å². The molecule has 0 radical (unpaired) electrons. The fourth-order valence-corrected chi connectivity index (χ4v) is 4.24. The van der Waals surface area contributed by atoms with Crippen molar-refractivity contribution in [3.8, 4) is 0 Å². The molecule has 0 spiro atoms. The lowest BCUT2D eigenvalue weighted by Gasteiger charge is -2.14. The van der Waals surface area contributed by atoms with Gasteiger partial charge in [0.2, 0.25) is 10.0 Å². The van der Waals surface area contributed by atoms with E-state index in [0.29, 0.717) is 17.9 Å². The predicted octanol–water partition coefficient (Wildman–Crippen LogP) is 1.64. The zero-order valence-corrected chi connectivity index (χ0v) is 14.8. The van der Waals surface area contributed by atoms with Gasteiger partial charge >= 0.3 is 0 Å². The fraction of sp³-hybridized carbons (Fsp3) is 0.769. The summed E-state index contributed by atoms with van der Waals surface area (Å²) in [4.78, 5) is 0.280. The highest BCUT2D eigenvalue weighted by Gasteiger charge is 2.25. The summed E-state index contributed by atoms with van der Waals surface area (Å²) >= 11 is 1.71. The van der Waals surface area contributed by atoms with Crippen molar-refractivity contribution < 1.29 is 8.42 Å². The van der Waals surface area contributed by atoms with Gasteiger partial charge in [0, 0.05) is 12.6 Å². The van der Waals surface area contributed by atoms with Crippen LogP contribution in [0.25, 0.3) is 0 Å². The molecule has 8 heteroatoms. The Morgan fingerprint density at radius 1 is 1.43 bits per heavy atom. The Morgan fingerprint density at radius 2 is 2.14 bits per heavy atom. The summed E-state index contributed by atoms with van der Waals surface area (Å²) in [6.07, 6.45) is 3.81. The summed E-state index contributed by atoms with van der Waals surface area (Å²) in [6, 6.07) is -0.0896. The lowest BCUT2D eigenvalue weighted by Crippen LogP contribution is -2.34. The van der Waals surface area contributed by atoms with Gasteiger partial charge in [-0.25, -0.2) is 13.1 Å². The maximum absolute atomic E-state index is 12.5. The molecule has 21 heavy (non-hydrogen) atoms. The minimum absolute atomic E-state index is 0.0896. The van der Waals surface area contributed by atoms with Crippen molar-refractivity contribution in [1.82, 2.24) is 20.2 Å². The first-order valence-corrected chi connectivity index (χ1v) is 10.1. The van der Waals surface area contributed by atoms with E-state index in [9.17, 15) is 8.42 Å². The second-order valence-electron chi connectivity index (χ2n) is 5.11. The topological polar surface area (TPSA) is 86.9 Å². The van der Waals surface area contributed by atoms with Crippen LogP contribution in [0.4, 0.5) is 0 Å². The van der Waals surface area contributed by atoms with Crippen molar-refractivity contribution in [2.75, 3.05) is 18.6 Å². The van der Waals surface area contributed by atoms with Crippen LogP contribution in [0.1, 0.15) is 38.1 Å². The molecule has 0 aromatic carbocycles. The molecule has 0 saturated carbocycles. The van der Waals surface area contributed by atoms with Gasteiger partial charge in [-0.15, -0.1) is 0 Å². The Morgan fingerprint density at radius 3 is 2.76 bits per heavy atom. The van der Waals surface area contributed by atoms with Crippen LogP contribution in [0.3, 0.4) is 0 Å². The summed E-state index contributed by atoms with van der Waals surface area (Å²) in [7, 11) is -3.54. The number of H-pyrrole nitrogens is 1. The molecule has 1 unspecified atom stereocenters. The third-order valence-electron chi connectivity index (χ3n) is 3.06. The summed E-state index contributed by atoms with van der Waals surface area (Å²) < 4.78 is 27.8. The SMILES string of the molecule is CCCNCc1n[nH]c(C)c1S(=O)(=O)NC(C)CCSC. The zero-order chi connectivity index (χ0) is 15.9. The van der Waals surface area contributed by atoms with Crippen LogP contribution in [0.2, 0.25) is 0 Å². The van der Waals surface area contributed by atoms with Gasteiger partial charge in [-0.1, -0.05) is 6.92 Å². The van der Waals surface area contributed by atoms with E-state index in [1.54, 1.807) is 18.7 Å². The lowest BCUT2D eigenvalue weighted by molar-refractivity contribution is 0.554. The van der Waals surface area contributed by atoms with Crippen LogP contribution >= 0.6 is 11.8 Å². The number of aromatic amines is 1. The van der Waals surface area contributed by atoms with Crippen LogP contribution in [0, 0.1) is 6.92 Å². The molecule has 0 saturated heterocycles. The Balaban J connectivity index is 2.84. The second-order valence-corrected chi connectivity index (χ2v) is 7.74. The number of hydrogen-bond acceptors (Lipinski definition) is 5. The first-order chi connectivity index (χ1) is 9.92. The number of nitrogens with zero attached hydrogens (tertiary/aromatic N) is 1. The number of sulfonamides is 1. The summed E-state index contributed by atoms with van der Waals surface area (Å²) in [5.41, 5.74) is 1.12. The van der Waals surface area contributed by atoms with Gasteiger partial charge in [0.05, 0.1) is 11.4 Å². The van der Waals surface area contributed by atoms with Crippen LogP contribution in [0.15, 0.2) is 4.90 Å². The molecule has 0 aliphatic rings. The second kappa shape index (κ2) is 8.77. The van der Waals surface area contributed by atoms with Gasteiger partial charge in [0.1, 0.15) is 4.90 Å². The first-order valence-electron chi connectivity index (χ1n) is 7.18. The van der Waals surface area contributed by atoms with Gasteiger partial charge in [0.15, 0.2) is 0 Å². The lowest BCUT2D eigenvalue weighted by atomic mass is 10.3. The Hall–Kier alpha value is -0.570. The minimum Gasteiger partial charge on any atom is -0.311 e. The quantitative estimate of drug-likeness (QED) is 0.566. The normalized spacial score (nSPS) is 13.5. The molecule has 1 heterocycles. The van der Waals surface area contributed by atoms with Gasteiger partial charge in [-0.05, 0) is 45.2 Å². The van der Waals surface area contributed by atoms with Crippen LogP contribution in [-0.2, 0) is 16.6 Å². The highest BCUT2D eigenvalue weighted by molar-refractivity contribution is 7.98. The van der Waals surface area contributed by atoms with E-state index in [-0.39, 0.29) is 10.9 Å². The molecule has 1 aromatic rings. The van der Waals surface area contributed by atoms with E-state index in [1.165, 1.54) is 0 Å². The van der Waals surface area contributed by atoms with E-state index in [4.69, 9.17) is 0 Å². The number of nitrogens with one attached hydrogen (secondary N) is 3. The molecule has 0 bridgehead atoms. The van der Waals surface area contributed by atoms with Crippen LogP contribution in [-0.4, -0.2) is 43.2 Å². The van der Waals surface area contributed by atoms with E-state index in [1.807, 2.05) is 13.2 Å². The number of aryl methyl sites for hydroxylation is 1. The first kappa shape index (κ1) is 18.5. The molecule has 1 aromatic heterocycles. The summed E-state index contributed by atoms with van der Waals surface area (Å²) in [6.45, 7) is 6.97. The molecule has 3 N–H and O–H groups in total. The molecular weight excluding hydrogens is 308 g/mol. The molecule has 6 nitrogen and oxygen atoms in total. The minimum atomic E-state index is -3.54. The van der Waals surface area contributed by atoms with Crippen LogP contribution in [0.5, 0.6) is 0 Å². The Kier molecular flexibility index (Phi) is 7.72. The van der Waals surface area contributed by atoms with Crippen LogP contribution < -0.4 is 10.0 Å². The fourth-order valence-electron chi connectivity index (χ4n) is 2.01. The monoisotopic (exact) mass is 334 g/mol. The molecule has 122 valence electrons. The maximum atomic E-state index is 12.5. The maximum Gasteiger partial charge on any atom is 0.244 e. The Labute approximate surface area is 131 Å². The van der Waals surface area contributed by atoms with E-state index < -0.39 is 10.0 Å². The molecule has 0 aliphatic carbocycles. The zero-order valence-electron chi connectivity index (χ0n) is 13.2. The standard InChI is InChI=1S/C13H26N4O2S2/c1-5-7-14-9-12-13(11(3)15-16-12)21(18,19)17-10(2)6-8-20-4/h10,14,17H,5-9H2,1-4H3,(H,15,16). The molecule has 0 aliphatic heterocycles. The van der Waals surface area contributed by atoms with Crippen molar-refractivity contribution in [3.63, 3.8) is 0 Å². The molecule has 0 fully saturated rings. The third-order valence-corrected chi connectivity index (χ3v) is 5.50. The number of hydrogen-bond donors (Lipinski definition) is 3. The number of aromatic nitrogens is 2. The predicted molar refractivity (Wildman–Crippen MR) is 88.1 cm³/mol. The van der Waals surface area contributed by atoms with Crippen molar-refractivity contribution in [3.05, 3.63) is 11.4 Å². The summed E-state index contributed by atoms with van der Waals surface area (Å²) in [5, 5.41) is 10.1. The van der Waals surface area contributed by atoms with Crippen molar-refractivity contribution in [1.29, 1.82) is 0 Å². The Bertz CT molecular complexity index is 528. The number of thioether (sulfide) groups is 1. The smallest absolute Gasteiger partial charge is 0.244 e. The third kappa shape index (κ3) is 5.61. The molecule has 1 rings (SSSR count). The summed E-state index contributed by atoms with van der Waals surface area (Å²) in [5.74, 6) is 0.930. The number of rotatable bonds is 10. The van der Waals surface area contributed by atoms with Gasteiger partial charge in [-0.3, -0.25) is 5.10 Å². The average Bonchev–Trinajstić information content (AvgIpc) is 2.78. The average molecular weight is 335 g/mol. The van der Waals surface area contributed by atoms with Gasteiger partial charge < -0.3 is 5.32 Å². The van der Waals surface area contributed by atoms with E-state index >= 15 is 0 Å². The largest absolute Gasteiger partial charge is 0.311 e. The highest BCUT2D eigenvalue weighted by Crippen LogP contribution is 2.18. The van der Waals surface area contributed by atoms with E-state index in [2.05, 4.69) is 27.2 Å². The van der Waals surface area contributed by atoms with Crippen molar-refractivity contribution in [2.24, 2.45) is 0 Å². The van der Waals surface area contributed by atoms with Gasteiger partial charge in [0.25, 0.3) is 0 Å². The van der Waals surface area contributed by atoms with Crippen molar-refractivity contribution in [2.45, 2.75) is 51.1 Å². The molecular formula is C13H26N4O2S2. The molecule has 0 amide bonds. The molecule has 1 atom stereocenters. The highest BCUT2D eigenvalue weighted by atomic mass is 32.2. The van der Waals surface area contributed by atoms with Crippen molar-refractivity contribution >= 4 is 21.8 Å². The van der Waals surface area contributed by atoms with E-state index in [0.717, 1.165) is 25.1 Å².